The Morgan fingerprint density at radius 3 is 1.19 bits per heavy atom. The highest BCUT2D eigenvalue weighted by atomic mass is 32.2. The maximum absolute atomic E-state index is 14.7. The van der Waals surface area contributed by atoms with E-state index in [1.165, 1.54) is 49.9 Å². The van der Waals surface area contributed by atoms with Gasteiger partial charge in [0.25, 0.3) is 0 Å². The number of carboxylic acid groups (broad SMARTS) is 3. The van der Waals surface area contributed by atoms with Gasteiger partial charge in [0.2, 0.25) is 118 Å². The van der Waals surface area contributed by atoms with Gasteiger partial charge in [-0.1, -0.05) is 41.5 Å². The maximum atomic E-state index is 14.7. The van der Waals surface area contributed by atoms with Crippen LogP contribution in [-0.4, -0.2) is 384 Å². The molecule has 1 aromatic rings. The van der Waals surface area contributed by atoms with Crippen molar-refractivity contribution in [1.82, 2.24) is 110 Å². The molecular formula is C89H149N25O29S3. The zero-order chi connectivity index (χ0) is 110. The fourth-order valence-electron chi connectivity index (χ4n) is 15.2. The van der Waals surface area contributed by atoms with Crippen LogP contribution in [-0.2, 0) is 117 Å². The number of unbranched alkanes of at least 4 members (excludes halogenated alkanes) is 2. The Morgan fingerprint density at radius 1 is 0.432 bits per heavy atom. The number of hydrogen-bond donors (Lipinski definition) is 29. The lowest BCUT2D eigenvalue weighted by atomic mass is 10.0. The number of thioether (sulfide) groups is 2. The van der Waals surface area contributed by atoms with Crippen molar-refractivity contribution < 1.29 is 141 Å². The van der Waals surface area contributed by atoms with Crippen LogP contribution in [0.4, 0.5) is 0 Å². The van der Waals surface area contributed by atoms with Crippen LogP contribution in [0.15, 0.2) is 12.5 Å². The van der Waals surface area contributed by atoms with Gasteiger partial charge in [-0.05, 0) is 171 Å². The van der Waals surface area contributed by atoms with Gasteiger partial charge in [-0.15, -0.1) is 0 Å². The predicted octanol–water partition coefficient (Wildman–Crippen LogP) is -9.72. The maximum Gasteiger partial charge on any atom is 0.327 e. The molecular weight excluding hydrogens is 1980 g/mol. The smallest absolute Gasteiger partial charge is 0.327 e. The van der Waals surface area contributed by atoms with E-state index in [9.17, 15) is 141 Å². The first-order chi connectivity index (χ1) is 68.9. The van der Waals surface area contributed by atoms with E-state index in [1.807, 2.05) is 0 Å². The average Bonchev–Trinajstić information content (AvgIpc) is 1.66. The summed E-state index contributed by atoms with van der Waals surface area (Å²) in [5, 5.41) is 101. The van der Waals surface area contributed by atoms with E-state index in [0.717, 1.165) is 9.80 Å². The number of thiol groups is 1. The fourth-order valence-corrected chi connectivity index (χ4v) is 16.4. The van der Waals surface area contributed by atoms with Gasteiger partial charge in [0.05, 0.1) is 45.2 Å². The summed E-state index contributed by atoms with van der Waals surface area (Å²) in [5.74, 6) is -25.5. The number of nitrogens with one attached hydrogen (secondary N) is 18. The number of amides is 20. The van der Waals surface area contributed by atoms with Crippen LogP contribution in [0.3, 0.4) is 0 Å². The average molecular weight is 2130 g/mol. The number of aromatic amines is 1. The van der Waals surface area contributed by atoms with E-state index in [2.05, 4.69) is 113 Å². The Balaban J connectivity index is 1.75. The van der Waals surface area contributed by atoms with Crippen LogP contribution in [0, 0.1) is 17.8 Å². The summed E-state index contributed by atoms with van der Waals surface area (Å²) < 4.78 is 0. The molecule has 0 aliphatic carbocycles. The molecule has 0 spiro atoms. The molecule has 3 heterocycles. The van der Waals surface area contributed by atoms with Crippen LogP contribution in [0.25, 0.3) is 0 Å². The summed E-state index contributed by atoms with van der Waals surface area (Å²) in [6.07, 6.45) is 3.79. The largest absolute Gasteiger partial charge is 0.481 e. The van der Waals surface area contributed by atoms with E-state index < -0.39 is 315 Å². The molecule has 20 amide bonds. The van der Waals surface area contributed by atoms with E-state index in [0.29, 0.717) is 30.7 Å². The van der Waals surface area contributed by atoms with Gasteiger partial charge in [-0.3, -0.25) is 105 Å². The topological polar surface area (TPSA) is 858 Å². The quantitative estimate of drug-likeness (QED) is 0.0213. The number of aliphatic hydroxyl groups is 3. The second kappa shape index (κ2) is 66.8. The number of aromatic nitrogens is 2. The number of rotatable bonds is 70. The first-order valence-electron chi connectivity index (χ1n) is 48.2. The molecule has 2 aliphatic heterocycles. The summed E-state index contributed by atoms with van der Waals surface area (Å²) >= 11 is 6.53. The zero-order valence-electron chi connectivity index (χ0n) is 83.8. The molecule has 19 atom stereocenters. The summed E-state index contributed by atoms with van der Waals surface area (Å²) in [4.78, 5) is 322. The number of aliphatic hydroxyl groups excluding tert-OH is 3. The monoisotopic (exact) mass is 2130 g/mol. The lowest BCUT2D eigenvalue weighted by Gasteiger charge is -2.32. The molecule has 57 heteroatoms. The Bertz CT molecular complexity index is 4570. The van der Waals surface area contributed by atoms with Gasteiger partial charge < -0.3 is 159 Å². The van der Waals surface area contributed by atoms with E-state index in [4.69, 9.17) is 22.9 Å². The molecule has 0 bridgehead atoms. The van der Waals surface area contributed by atoms with Gasteiger partial charge in [0.15, 0.2) is 0 Å². The summed E-state index contributed by atoms with van der Waals surface area (Å²) in [6, 6.07) is -29.0. The lowest BCUT2D eigenvalue weighted by molar-refractivity contribution is -0.144. The number of hydrogen-bond acceptors (Lipinski definition) is 33. The number of primary amides is 1. The third-order valence-corrected chi connectivity index (χ3v) is 25.0. The minimum absolute atomic E-state index is 0.00517. The molecule has 2 fully saturated rings. The van der Waals surface area contributed by atoms with Crippen molar-refractivity contribution in [2.45, 2.75) is 299 Å². The number of nitrogens with two attached hydrogens (primary N) is 4. The number of nitrogens with zero attached hydrogens (tertiary/aromatic N) is 3. The third kappa shape index (κ3) is 45.0. The van der Waals surface area contributed by atoms with Gasteiger partial charge in [0, 0.05) is 50.0 Å². The first-order valence-corrected chi connectivity index (χ1v) is 51.6. The molecule has 0 saturated carbocycles. The number of carbonyl (C=O) groups excluding carboxylic acids is 20. The van der Waals surface area contributed by atoms with E-state index in [1.54, 1.807) is 54.1 Å². The molecule has 2 saturated heterocycles. The SMILES string of the molecule is CSCC[C@H](NC(=O)[C@H](CC(=O)O)NC(=O)[C@H](CCC(N)=O)NC(=O)[C@@H]1CCCN1C(=O)[C@@H](NC(=O)[C@H](CCCCN)NC(=O)[C@H](CO)NC(=O)[C@H](CO)NC(=O)[C@@H](N)Cc1cnc[nH]1)C(C)C)C(=O)N[C@@H](C)C(=O)NCC(=O)N1CCC[C@H]1C(=O)N[C@@H](CCC(=O)O)C(=O)N[C@@H](C)C(=O)N[C@@H](CC(C)C)C(=O)N[C@@H](CO)C(=O)N[C@@H](CC(C)C)C(=O)N[C@@H](CCCCN)C(=O)N[C@@H](CCSC)C(=O)N[C@@H](CS)C(=O)O. The third-order valence-electron chi connectivity index (χ3n) is 23.4. The van der Waals surface area contributed by atoms with Crippen molar-refractivity contribution >= 4 is 172 Å². The van der Waals surface area contributed by atoms with Crippen LogP contribution in [0.5, 0.6) is 0 Å². The van der Waals surface area contributed by atoms with Crippen molar-refractivity contribution in [3.8, 4) is 0 Å². The van der Waals surface area contributed by atoms with Gasteiger partial charge >= 0.3 is 17.9 Å². The fraction of sp³-hybridized carbons (Fsp3) is 0.708. The standard InChI is InChI=1S/C89H149N25O29S3/c1-44(2)33-57(81(134)109-62(41-117)84(137)106-58(34-45(3)4)80(133)99-51(17-11-13-27-90)76(129)101-56(26-32-146-10)78(131)111-63(42-144)89(142)143)105-72(125)48(8)98-74(127)54(22-24-68(120)121)104-86(139)64-19-15-29-113(64)67(119)38-95-71(124)47(7)97-75(128)55(25-31-145-9)102-82(135)59(36-69(122)123)107-77(130)53(21-23-66(93)118)103-87(140)65-20-16-30-114(65)88(141)70(46(5)6)112-79(132)52(18-12-14-28-91)100-83(136)61(40-116)110-85(138)60(39-115)108-73(126)50(92)35-49-37-94-43-96-49/h37,43-48,50-65,70,115-117,144H,11-36,38-42,90-92H2,1-10H3,(H2,93,118)(H,94,96)(H,95,124)(H,97,128)(H,98,127)(H,99,133)(H,100,136)(H,101,129)(H,102,135)(H,103,140)(H,104,139)(H,105,125)(H,106,137)(H,107,130)(H,108,126)(H,109,134)(H,110,138)(H,111,131)(H,112,132)(H,120,121)(H,122,123)(H,142,143)/t47-,48-,50-,51-,52-,53-,54-,55-,56-,57-,58-,59-,60-,61-,62-,63-,64-,65-,70-/m0/s1. The summed E-state index contributed by atoms with van der Waals surface area (Å²) in [5.41, 5.74) is 23.4. The molecule has 146 heavy (non-hydrogen) atoms. The van der Waals surface area contributed by atoms with E-state index in [-0.39, 0.29) is 127 Å². The molecule has 54 nitrogen and oxygen atoms in total. The van der Waals surface area contributed by atoms with Crippen molar-refractivity contribution in [2.75, 3.05) is 82.3 Å². The first kappa shape index (κ1) is 128. The molecule has 0 aromatic carbocycles. The van der Waals surface area contributed by atoms with Crippen molar-refractivity contribution in [1.29, 1.82) is 0 Å². The van der Waals surface area contributed by atoms with Gasteiger partial charge in [-0.25, -0.2) is 9.78 Å². The van der Waals surface area contributed by atoms with Crippen LogP contribution < -0.4 is 113 Å². The Labute approximate surface area is 858 Å². The second-order valence-electron chi connectivity index (χ2n) is 36.5. The number of likely N-dealkylation sites (tertiary alicyclic amines) is 2. The molecule has 2 aliphatic rings. The number of carbonyl (C=O) groups is 23. The Morgan fingerprint density at radius 2 is 0.795 bits per heavy atom. The normalized spacial score (nSPS) is 16.8. The molecule has 822 valence electrons. The van der Waals surface area contributed by atoms with Crippen LogP contribution in [0.2, 0.25) is 0 Å². The minimum atomic E-state index is -2.04. The summed E-state index contributed by atoms with van der Waals surface area (Å²) in [7, 11) is 0. The zero-order valence-corrected chi connectivity index (χ0v) is 86.3. The Kier molecular flexibility index (Phi) is 58.6. The highest BCUT2D eigenvalue weighted by Crippen LogP contribution is 2.24. The van der Waals surface area contributed by atoms with Crippen molar-refractivity contribution in [3.05, 3.63) is 18.2 Å². The van der Waals surface area contributed by atoms with Crippen LogP contribution >= 0.6 is 36.2 Å². The van der Waals surface area contributed by atoms with Crippen molar-refractivity contribution in [2.24, 2.45) is 40.7 Å². The summed E-state index contributed by atoms with van der Waals surface area (Å²) in [6.45, 7) is 8.62. The minimum Gasteiger partial charge on any atom is -0.481 e. The highest BCUT2D eigenvalue weighted by Gasteiger charge is 2.45. The number of carboxylic acids is 3. The molecule has 0 radical (unpaired) electrons. The molecule has 3 rings (SSSR count). The number of imidazole rings is 1. The van der Waals surface area contributed by atoms with E-state index >= 15 is 0 Å². The highest BCUT2D eigenvalue weighted by molar-refractivity contribution is 7.98. The van der Waals surface area contributed by atoms with Gasteiger partial charge in [-0.2, -0.15) is 36.2 Å². The van der Waals surface area contributed by atoms with Gasteiger partial charge in [0.1, 0.15) is 109 Å². The van der Waals surface area contributed by atoms with Crippen LogP contribution in [0.1, 0.15) is 183 Å². The number of aliphatic carboxylic acids is 3. The number of H-pyrrole nitrogens is 1. The second-order valence-corrected chi connectivity index (χ2v) is 38.9. The van der Waals surface area contributed by atoms with Crippen molar-refractivity contribution in [3.63, 3.8) is 0 Å². The molecule has 32 N–H and O–H groups in total. The molecule has 1 aromatic heterocycles. The Hall–Kier alpha value is -12.2. The lowest BCUT2D eigenvalue weighted by Crippen LogP contribution is -2.61. The molecule has 0 unspecified atom stereocenters. The predicted molar refractivity (Wildman–Crippen MR) is 531 cm³/mol.